The number of allylic oxidation sites excluding steroid dienone is 7. The van der Waals surface area contributed by atoms with Crippen LogP contribution in [0.4, 0.5) is 0 Å². The van der Waals surface area contributed by atoms with E-state index in [4.69, 9.17) is 10.5 Å². The molecule has 1 aliphatic rings. The summed E-state index contributed by atoms with van der Waals surface area (Å²) in [5.74, 6) is 0.0279. The van der Waals surface area contributed by atoms with Gasteiger partial charge in [0.25, 0.3) is 0 Å². The van der Waals surface area contributed by atoms with Crippen LogP contribution in [-0.2, 0) is 20.7 Å². The molecule has 0 unspecified atom stereocenters. The van der Waals surface area contributed by atoms with Crippen LogP contribution < -0.4 is 5.73 Å². The fourth-order valence-corrected chi connectivity index (χ4v) is 4.10. The summed E-state index contributed by atoms with van der Waals surface area (Å²) < 4.78 is 5.30. The molecule has 0 saturated heterocycles. The number of aliphatic hydroxyl groups is 1. The zero-order chi connectivity index (χ0) is 28.8. The van der Waals surface area contributed by atoms with Gasteiger partial charge in [-0.15, -0.1) is 0 Å². The molecule has 3 N–H and O–H groups in total. The van der Waals surface area contributed by atoms with Crippen LogP contribution in [0.3, 0.4) is 0 Å². The second-order valence-corrected chi connectivity index (χ2v) is 10.0. The van der Waals surface area contributed by atoms with Crippen molar-refractivity contribution in [2.75, 3.05) is 46.9 Å². The number of carbonyl (C=O) groups is 2. The fraction of sp³-hybridized carbons (Fsp3) is 0.452. The number of nitrogens with two attached hydrogens (primary N) is 1. The molecule has 0 radical (unpaired) electrons. The number of rotatable bonds is 12. The molecule has 1 aliphatic heterocycles. The topological polar surface area (TPSA) is 108 Å². The van der Waals surface area contributed by atoms with Gasteiger partial charge in [0, 0.05) is 43.9 Å². The van der Waals surface area contributed by atoms with Crippen LogP contribution in [0.1, 0.15) is 51.2 Å². The first kappa shape index (κ1) is 31.7. The minimum Gasteiger partial charge on any atom is -0.464 e. The van der Waals surface area contributed by atoms with Gasteiger partial charge in [-0.3, -0.25) is 9.59 Å². The lowest BCUT2D eigenvalue weighted by Crippen LogP contribution is -2.35. The third kappa shape index (κ3) is 11.4. The van der Waals surface area contributed by atoms with Gasteiger partial charge in [0.05, 0.1) is 6.42 Å². The molecule has 0 aromatic heterocycles. The van der Waals surface area contributed by atoms with Crippen molar-refractivity contribution in [1.29, 1.82) is 0 Å². The third-order valence-corrected chi connectivity index (χ3v) is 6.06. The van der Waals surface area contributed by atoms with Gasteiger partial charge in [-0.25, -0.2) is 4.99 Å². The van der Waals surface area contributed by atoms with E-state index in [0.29, 0.717) is 44.1 Å². The number of aliphatic imine (C=N–C) groups is 1. The standard InChI is InChI=1S/C31H44N4O4/c1-6-14-35(15-7-17-36)31(38)28-19-23(2)8-11-27(20-24(3)33-29(32)22-28)26-12-9-25(10-13-26)21-30(37)39-18-16-34(4)5/h8-13,19-20,36H,6-7,14-18,21-22H2,1-5H3,(H2,32,33)/b23-8+,24-20+,27-11+,28-19+. The second-order valence-electron chi connectivity index (χ2n) is 10.0. The summed E-state index contributed by atoms with van der Waals surface area (Å²) in [6.07, 6.45) is 9.61. The summed E-state index contributed by atoms with van der Waals surface area (Å²) in [6.45, 7) is 8.06. The summed E-state index contributed by atoms with van der Waals surface area (Å²) in [5, 5.41) is 9.26. The highest BCUT2D eigenvalue weighted by molar-refractivity contribution is 6.00. The number of esters is 1. The van der Waals surface area contributed by atoms with E-state index in [1.54, 1.807) is 4.90 Å². The molecule has 0 fully saturated rings. The van der Waals surface area contributed by atoms with Gasteiger partial charge < -0.3 is 25.4 Å². The molecule has 1 aromatic rings. The average molecular weight is 537 g/mol. The van der Waals surface area contributed by atoms with Gasteiger partial charge in [-0.1, -0.05) is 55.0 Å². The van der Waals surface area contributed by atoms with Gasteiger partial charge in [0.1, 0.15) is 12.4 Å². The molecule has 8 nitrogen and oxygen atoms in total. The van der Waals surface area contributed by atoms with Gasteiger partial charge in [-0.2, -0.15) is 0 Å². The molecule has 0 aliphatic carbocycles. The number of hydrogen-bond donors (Lipinski definition) is 2. The molecule has 39 heavy (non-hydrogen) atoms. The summed E-state index contributed by atoms with van der Waals surface area (Å²) in [6, 6.07) is 7.81. The average Bonchev–Trinajstić information content (AvgIpc) is 2.90. The quantitative estimate of drug-likeness (QED) is 0.393. The van der Waals surface area contributed by atoms with Crippen molar-refractivity contribution >= 4 is 23.3 Å². The number of aliphatic hydroxyl groups excluding tert-OH is 1. The predicted molar refractivity (Wildman–Crippen MR) is 158 cm³/mol. The molecule has 1 aromatic carbocycles. The summed E-state index contributed by atoms with van der Waals surface area (Å²) in [7, 11) is 3.87. The molecule has 1 heterocycles. The minimum absolute atomic E-state index is 0.0362. The molecule has 1 amide bonds. The summed E-state index contributed by atoms with van der Waals surface area (Å²) in [4.78, 5) is 33.8. The van der Waals surface area contributed by atoms with Crippen LogP contribution >= 0.6 is 0 Å². The first-order chi connectivity index (χ1) is 18.6. The molecular weight excluding hydrogens is 492 g/mol. The number of hydrogen-bond acceptors (Lipinski definition) is 7. The number of likely N-dealkylation sites (N-methyl/N-ethyl adjacent to an activating group) is 1. The Balaban J connectivity index is 2.31. The van der Waals surface area contributed by atoms with Crippen LogP contribution in [0, 0.1) is 0 Å². The first-order valence-corrected chi connectivity index (χ1v) is 13.5. The van der Waals surface area contributed by atoms with E-state index in [1.807, 2.05) is 88.3 Å². The lowest BCUT2D eigenvalue weighted by molar-refractivity contribution is -0.143. The second kappa shape index (κ2) is 16.5. The Kier molecular flexibility index (Phi) is 13.4. The molecule has 0 spiro atoms. The lowest BCUT2D eigenvalue weighted by Gasteiger charge is -2.23. The molecule has 0 saturated carbocycles. The zero-order valence-corrected chi connectivity index (χ0v) is 24.1. The van der Waals surface area contributed by atoms with Gasteiger partial charge in [0.15, 0.2) is 0 Å². The normalized spacial score (nSPS) is 19.7. The predicted octanol–water partition coefficient (Wildman–Crippen LogP) is 3.88. The van der Waals surface area contributed by atoms with Gasteiger partial charge in [-0.05, 0) is 63.6 Å². The molecule has 0 atom stereocenters. The fourth-order valence-electron chi connectivity index (χ4n) is 4.10. The lowest BCUT2D eigenvalue weighted by atomic mass is 10.0. The van der Waals surface area contributed by atoms with E-state index >= 15 is 0 Å². The number of ether oxygens (including phenoxy) is 1. The SMILES string of the molecule is CCCN(CCCO)C(=O)/C1=C/C(C)=C/C=C(c2ccc(CC(=O)OCCN(C)C)cc2)\C=C(/C)N=C(N)C1. The Morgan fingerprint density at radius 2 is 1.77 bits per heavy atom. The van der Waals surface area contributed by atoms with E-state index in [1.165, 1.54) is 0 Å². The van der Waals surface area contributed by atoms with Crippen LogP contribution in [0.15, 0.2) is 70.4 Å². The molecule has 2 rings (SSSR count). The molecule has 212 valence electrons. The van der Waals surface area contributed by atoms with Crippen LogP contribution in [-0.4, -0.2) is 79.6 Å². The van der Waals surface area contributed by atoms with Crippen molar-refractivity contribution in [3.05, 3.63) is 76.5 Å². The molecular formula is C31H44N4O4. The van der Waals surface area contributed by atoms with E-state index in [9.17, 15) is 14.7 Å². The number of amidine groups is 1. The van der Waals surface area contributed by atoms with Crippen LogP contribution in [0.25, 0.3) is 5.57 Å². The Morgan fingerprint density at radius 3 is 2.41 bits per heavy atom. The number of benzene rings is 1. The van der Waals surface area contributed by atoms with E-state index in [2.05, 4.69) is 4.99 Å². The zero-order valence-electron chi connectivity index (χ0n) is 24.1. The third-order valence-electron chi connectivity index (χ3n) is 6.06. The van der Waals surface area contributed by atoms with Gasteiger partial charge in [0.2, 0.25) is 5.91 Å². The van der Waals surface area contributed by atoms with Crippen molar-refractivity contribution in [3.63, 3.8) is 0 Å². The van der Waals surface area contributed by atoms with Crippen LogP contribution in [0.5, 0.6) is 0 Å². The Hall–Kier alpha value is -3.49. The van der Waals surface area contributed by atoms with E-state index < -0.39 is 0 Å². The van der Waals surface area contributed by atoms with Crippen molar-refractivity contribution in [3.8, 4) is 0 Å². The van der Waals surface area contributed by atoms with Gasteiger partial charge >= 0.3 is 5.97 Å². The van der Waals surface area contributed by atoms with E-state index in [0.717, 1.165) is 34.4 Å². The maximum absolute atomic E-state index is 13.4. The highest BCUT2D eigenvalue weighted by Gasteiger charge is 2.19. The largest absolute Gasteiger partial charge is 0.464 e. The Labute approximate surface area is 233 Å². The Bertz CT molecular complexity index is 1130. The number of amides is 1. The maximum atomic E-state index is 13.4. The van der Waals surface area contributed by atoms with Crippen LogP contribution in [0.2, 0.25) is 0 Å². The smallest absolute Gasteiger partial charge is 0.310 e. The Morgan fingerprint density at radius 1 is 1.05 bits per heavy atom. The van der Waals surface area contributed by atoms with Crippen molar-refractivity contribution in [2.45, 2.75) is 46.5 Å². The minimum atomic E-state index is -0.246. The van der Waals surface area contributed by atoms with Crippen molar-refractivity contribution in [1.82, 2.24) is 9.80 Å². The molecule has 8 heteroatoms. The first-order valence-electron chi connectivity index (χ1n) is 13.5. The highest BCUT2D eigenvalue weighted by Crippen LogP contribution is 2.22. The van der Waals surface area contributed by atoms with Crippen molar-refractivity contribution < 1.29 is 19.4 Å². The number of carbonyl (C=O) groups excluding carboxylic acids is 2. The van der Waals surface area contributed by atoms with Crippen molar-refractivity contribution in [2.24, 2.45) is 10.7 Å². The summed E-state index contributed by atoms with van der Waals surface area (Å²) in [5.41, 5.74) is 11.3. The maximum Gasteiger partial charge on any atom is 0.310 e. The monoisotopic (exact) mass is 536 g/mol. The highest BCUT2D eigenvalue weighted by atomic mass is 16.5. The summed E-state index contributed by atoms with van der Waals surface area (Å²) >= 11 is 0. The van der Waals surface area contributed by atoms with E-state index in [-0.39, 0.29) is 31.3 Å². The molecule has 0 bridgehead atoms. The number of nitrogens with zero attached hydrogens (tertiary/aromatic N) is 3.